The van der Waals surface area contributed by atoms with Crippen LogP contribution in [0.25, 0.3) is 11.1 Å². The SMILES string of the molecule is CNc1cc(C(=O)OC)c(NC(=O)OCC2c3ccccc3-c3ccccc32)cc1N. The summed E-state index contributed by atoms with van der Waals surface area (Å²) in [7, 11) is 2.96. The molecule has 4 N–H and O–H groups in total. The van der Waals surface area contributed by atoms with Crippen LogP contribution in [0.3, 0.4) is 0 Å². The summed E-state index contributed by atoms with van der Waals surface area (Å²) >= 11 is 0. The van der Waals surface area contributed by atoms with Gasteiger partial charge in [0.1, 0.15) is 6.61 Å². The lowest BCUT2D eigenvalue weighted by molar-refractivity contribution is 0.0602. The van der Waals surface area contributed by atoms with Crippen LogP contribution in [-0.2, 0) is 9.47 Å². The number of hydrogen-bond donors (Lipinski definition) is 3. The standard InChI is InChI=1S/C24H23N3O4/c1-26-22-11-18(23(28)30-2)21(12-20(22)25)27-24(29)31-13-19-16-9-5-3-7-14(16)15-8-4-6-10-17(15)19/h3-12,19,26H,13,25H2,1-2H3,(H,27,29). The first kappa shape index (κ1) is 20.3. The van der Waals surface area contributed by atoms with Gasteiger partial charge in [-0.1, -0.05) is 48.5 Å². The van der Waals surface area contributed by atoms with E-state index >= 15 is 0 Å². The number of hydrogen-bond acceptors (Lipinski definition) is 6. The highest BCUT2D eigenvalue weighted by Crippen LogP contribution is 2.44. The summed E-state index contributed by atoms with van der Waals surface area (Å²) in [6.07, 6.45) is -0.677. The highest BCUT2D eigenvalue weighted by atomic mass is 16.5. The average Bonchev–Trinajstić information content (AvgIpc) is 3.11. The van der Waals surface area contributed by atoms with E-state index in [0.717, 1.165) is 22.3 Å². The van der Waals surface area contributed by atoms with Gasteiger partial charge < -0.3 is 20.5 Å². The average molecular weight is 417 g/mol. The number of nitrogens with two attached hydrogens (primary N) is 1. The first-order valence-electron chi connectivity index (χ1n) is 9.85. The molecule has 0 saturated heterocycles. The van der Waals surface area contributed by atoms with Gasteiger partial charge in [0, 0.05) is 13.0 Å². The summed E-state index contributed by atoms with van der Waals surface area (Å²) < 4.78 is 10.4. The Kier molecular flexibility index (Phi) is 5.49. The monoisotopic (exact) mass is 417 g/mol. The minimum Gasteiger partial charge on any atom is -0.465 e. The molecule has 1 aliphatic carbocycles. The second-order valence-electron chi connectivity index (χ2n) is 7.18. The van der Waals surface area contributed by atoms with Crippen molar-refractivity contribution in [2.45, 2.75) is 5.92 Å². The number of benzene rings is 3. The Balaban J connectivity index is 1.53. The number of nitrogens with one attached hydrogen (secondary N) is 2. The van der Waals surface area contributed by atoms with E-state index in [1.807, 2.05) is 36.4 Å². The number of ether oxygens (including phenoxy) is 2. The molecular formula is C24H23N3O4. The van der Waals surface area contributed by atoms with Gasteiger partial charge in [0.15, 0.2) is 0 Å². The van der Waals surface area contributed by atoms with Crippen molar-refractivity contribution in [1.29, 1.82) is 0 Å². The van der Waals surface area contributed by atoms with Crippen LogP contribution >= 0.6 is 0 Å². The number of nitrogen functional groups attached to an aromatic ring is 1. The van der Waals surface area contributed by atoms with Crippen molar-refractivity contribution in [3.8, 4) is 11.1 Å². The molecule has 3 aromatic carbocycles. The highest BCUT2D eigenvalue weighted by Gasteiger charge is 2.29. The molecular weight excluding hydrogens is 394 g/mol. The van der Waals surface area contributed by atoms with Gasteiger partial charge in [-0.25, -0.2) is 9.59 Å². The van der Waals surface area contributed by atoms with Crippen molar-refractivity contribution < 1.29 is 19.1 Å². The predicted octanol–water partition coefficient (Wildman–Crippen LogP) is 4.46. The van der Waals surface area contributed by atoms with Crippen LogP contribution in [0.1, 0.15) is 27.4 Å². The largest absolute Gasteiger partial charge is 0.465 e. The molecule has 7 heteroatoms. The van der Waals surface area contributed by atoms with Crippen LogP contribution in [0.2, 0.25) is 0 Å². The Morgan fingerprint density at radius 3 is 2.16 bits per heavy atom. The fourth-order valence-corrected chi connectivity index (χ4v) is 3.96. The van der Waals surface area contributed by atoms with Crippen molar-refractivity contribution in [2.24, 2.45) is 0 Å². The number of esters is 1. The van der Waals surface area contributed by atoms with Gasteiger partial charge in [0.2, 0.25) is 0 Å². The zero-order chi connectivity index (χ0) is 22.0. The number of anilines is 3. The van der Waals surface area contributed by atoms with E-state index in [2.05, 4.69) is 22.8 Å². The lowest BCUT2D eigenvalue weighted by Crippen LogP contribution is -2.20. The Morgan fingerprint density at radius 1 is 0.968 bits per heavy atom. The van der Waals surface area contributed by atoms with Gasteiger partial charge in [0.05, 0.1) is 29.7 Å². The lowest BCUT2D eigenvalue weighted by Gasteiger charge is -2.16. The summed E-state index contributed by atoms with van der Waals surface area (Å²) in [5, 5.41) is 5.52. The molecule has 0 radical (unpaired) electrons. The molecule has 4 rings (SSSR count). The molecule has 0 saturated carbocycles. The summed E-state index contributed by atoms with van der Waals surface area (Å²) in [4.78, 5) is 24.7. The maximum atomic E-state index is 12.6. The first-order chi connectivity index (χ1) is 15.0. The third kappa shape index (κ3) is 3.77. The van der Waals surface area contributed by atoms with Crippen molar-refractivity contribution in [2.75, 3.05) is 37.1 Å². The molecule has 3 aromatic rings. The maximum absolute atomic E-state index is 12.6. The summed E-state index contributed by atoms with van der Waals surface area (Å²) in [5.41, 5.74) is 11.9. The number of fused-ring (bicyclic) bond motifs is 3. The van der Waals surface area contributed by atoms with Crippen LogP contribution in [0.15, 0.2) is 60.7 Å². The van der Waals surface area contributed by atoms with Crippen LogP contribution < -0.4 is 16.4 Å². The van der Waals surface area contributed by atoms with Crippen molar-refractivity contribution in [3.63, 3.8) is 0 Å². The van der Waals surface area contributed by atoms with Crippen LogP contribution in [0.4, 0.5) is 21.9 Å². The van der Waals surface area contributed by atoms with Gasteiger partial charge in [-0.3, -0.25) is 5.32 Å². The Labute approximate surface area is 180 Å². The molecule has 0 unspecified atom stereocenters. The summed E-state index contributed by atoms with van der Waals surface area (Å²) in [6, 6.07) is 19.2. The lowest BCUT2D eigenvalue weighted by atomic mass is 9.98. The van der Waals surface area contributed by atoms with Gasteiger partial charge in [-0.15, -0.1) is 0 Å². The number of rotatable bonds is 5. The minimum absolute atomic E-state index is 0.0602. The normalized spacial score (nSPS) is 11.9. The zero-order valence-corrected chi connectivity index (χ0v) is 17.3. The first-order valence-corrected chi connectivity index (χ1v) is 9.85. The second kappa shape index (κ2) is 8.39. The highest BCUT2D eigenvalue weighted by molar-refractivity contribution is 6.02. The van der Waals surface area contributed by atoms with Crippen LogP contribution in [0, 0.1) is 0 Å². The molecule has 1 amide bonds. The van der Waals surface area contributed by atoms with Crippen LogP contribution in [-0.4, -0.2) is 32.8 Å². The van der Waals surface area contributed by atoms with E-state index in [4.69, 9.17) is 15.2 Å². The van der Waals surface area contributed by atoms with Gasteiger partial charge in [0.25, 0.3) is 0 Å². The van der Waals surface area contributed by atoms with Gasteiger partial charge >= 0.3 is 12.1 Å². The molecule has 0 aromatic heterocycles. The molecule has 0 spiro atoms. The molecule has 0 heterocycles. The van der Waals surface area contributed by atoms with E-state index < -0.39 is 12.1 Å². The molecule has 7 nitrogen and oxygen atoms in total. The van der Waals surface area contributed by atoms with Gasteiger partial charge in [-0.05, 0) is 34.4 Å². The maximum Gasteiger partial charge on any atom is 0.411 e. The molecule has 0 atom stereocenters. The zero-order valence-electron chi connectivity index (χ0n) is 17.3. The van der Waals surface area contributed by atoms with E-state index in [-0.39, 0.29) is 23.8 Å². The van der Waals surface area contributed by atoms with E-state index in [0.29, 0.717) is 11.4 Å². The van der Waals surface area contributed by atoms with Crippen molar-refractivity contribution in [3.05, 3.63) is 77.4 Å². The van der Waals surface area contributed by atoms with E-state index in [1.54, 1.807) is 7.05 Å². The molecule has 0 aliphatic heterocycles. The predicted molar refractivity (Wildman–Crippen MR) is 120 cm³/mol. The number of carbonyl (C=O) groups is 2. The fourth-order valence-electron chi connectivity index (χ4n) is 3.96. The quantitative estimate of drug-likeness (QED) is 0.418. The summed E-state index contributed by atoms with van der Waals surface area (Å²) in [5.74, 6) is -0.652. The van der Waals surface area contributed by atoms with Gasteiger partial charge in [-0.2, -0.15) is 0 Å². The minimum atomic E-state index is -0.677. The van der Waals surface area contributed by atoms with Crippen LogP contribution in [0.5, 0.6) is 0 Å². The van der Waals surface area contributed by atoms with E-state index in [9.17, 15) is 9.59 Å². The third-order valence-corrected chi connectivity index (χ3v) is 5.44. The molecule has 31 heavy (non-hydrogen) atoms. The molecule has 0 fully saturated rings. The second-order valence-corrected chi connectivity index (χ2v) is 7.18. The third-order valence-electron chi connectivity index (χ3n) is 5.44. The Morgan fingerprint density at radius 2 is 1.58 bits per heavy atom. The molecule has 1 aliphatic rings. The number of methoxy groups -OCH3 is 1. The van der Waals surface area contributed by atoms with E-state index in [1.165, 1.54) is 19.2 Å². The number of amides is 1. The topological polar surface area (TPSA) is 103 Å². The Bertz CT molecular complexity index is 1110. The number of carbonyl (C=O) groups excluding carboxylic acids is 2. The Hall–Kier alpha value is -4.00. The molecule has 0 bridgehead atoms. The van der Waals surface area contributed by atoms with Crippen molar-refractivity contribution >= 4 is 29.1 Å². The summed E-state index contributed by atoms with van der Waals surface area (Å²) in [6.45, 7) is 0.164. The smallest absolute Gasteiger partial charge is 0.411 e. The fraction of sp³-hybridized carbons (Fsp3) is 0.167. The molecule has 158 valence electrons. The van der Waals surface area contributed by atoms with Crippen molar-refractivity contribution in [1.82, 2.24) is 0 Å².